The number of rotatable bonds is 8. The summed E-state index contributed by atoms with van der Waals surface area (Å²) in [6, 6.07) is 15.4. The second kappa shape index (κ2) is 12.4. The normalized spacial score (nSPS) is 17.3. The average molecular weight is 657 g/mol. The van der Waals surface area contributed by atoms with Gasteiger partial charge in [-0.2, -0.15) is 5.10 Å². The Morgan fingerprint density at radius 2 is 1.80 bits per heavy atom. The largest absolute Gasteiger partial charge is 0.481 e. The fourth-order valence-corrected chi connectivity index (χ4v) is 6.99. The Labute approximate surface area is 275 Å². The van der Waals surface area contributed by atoms with Crippen LogP contribution in [0.2, 0.25) is 10.0 Å². The van der Waals surface area contributed by atoms with E-state index in [0.717, 1.165) is 41.5 Å². The lowest BCUT2D eigenvalue weighted by atomic mass is 9.99. The van der Waals surface area contributed by atoms with Crippen LogP contribution in [-0.4, -0.2) is 45.4 Å². The minimum atomic E-state index is -0.266. The zero-order valence-electron chi connectivity index (χ0n) is 25.2. The molecule has 3 aromatic heterocycles. The smallest absolute Gasteiger partial charge is 0.278 e. The molecule has 2 atom stereocenters. The maximum absolute atomic E-state index is 12.9. The summed E-state index contributed by atoms with van der Waals surface area (Å²) in [5.41, 5.74) is 5.43. The fraction of sp³-hybridized carbons (Fsp3) is 0.265. The monoisotopic (exact) mass is 655 g/mol. The van der Waals surface area contributed by atoms with E-state index in [2.05, 4.69) is 32.1 Å². The summed E-state index contributed by atoms with van der Waals surface area (Å²) in [6.07, 6.45) is 6.45. The number of aromatic nitrogens is 4. The van der Waals surface area contributed by atoms with Crippen LogP contribution in [0.5, 0.6) is 5.88 Å². The van der Waals surface area contributed by atoms with Gasteiger partial charge in [0.25, 0.3) is 5.56 Å². The lowest BCUT2D eigenvalue weighted by Gasteiger charge is -2.20. The van der Waals surface area contributed by atoms with Crippen LogP contribution >= 0.6 is 23.2 Å². The zero-order chi connectivity index (χ0) is 31.9. The van der Waals surface area contributed by atoms with Gasteiger partial charge in [-0.25, -0.2) is 14.6 Å². The van der Waals surface area contributed by atoms with Crippen molar-refractivity contribution < 1.29 is 9.53 Å². The van der Waals surface area contributed by atoms with Crippen LogP contribution in [0.25, 0.3) is 33.2 Å². The molecule has 0 saturated carbocycles. The van der Waals surface area contributed by atoms with E-state index < -0.39 is 0 Å². The predicted octanol–water partition coefficient (Wildman–Crippen LogP) is 5.97. The molecule has 1 saturated heterocycles. The number of anilines is 2. The van der Waals surface area contributed by atoms with Crippen LogP contribution in [0.4, 0.5) is 11.5 Å². The number of amides is 1. The number of aryl methyl sites for hydroxylation is 2. The van der Waals surface area contributed by atoms with Crippen molar-refractivity contribution in [2.45, 2.75) is 37.8 Å². The molecule has 10 nitrogen and oxygen atoms in total. The Kier molecular flexibility index (Phi) is 8.10. The molecular formula is C34H31Cl2N7O3. The fourth-order valence-electron chi connectivity index (χ4n) is 6.39. The van der Waals surface area contributed by atoms with E-state index in [0.29, 0.717) is 62.4 Å². The number of halogens is 2. The summed E-state index contributed by atoms with van der Waals surface area (Å²) in [5, 5.41) is 16.0. The van der Waals surface area contributed by atoms with Gasteiger partial charge in [-0.3, -0.25) is 9.59 Å². The molecule has 2 unspecified atom stereocenters. The van der Waals surface area contributed by atoms with Crippen molar-refractivity contribution in [1.29, 1.82) is 0 Å². The molecule has 7 rings (SSSR count). The number of nitrogens with zero attached hydrogens (tertiary/aromatic N) is 4. The van der Waals surface area contributed by atoms with E-state index in [1.54, 1.807) is 32.6 Å². The van der Waals surface area contributed by atoms with Crippen LogP contribution < -0.4 is 26.2 Å². The summed E-state index contributed by atoms with van der Waals surface area (Å²) >= 11 is 14.1. The van der Waals surface area contributed by atoms with Crippen molar-refractivity contribution in [2.24, 2.45) is 7.05 Å². The van der Waals surface area contributed by atoms with Gasteiger partial charge in [0, 0.05) is 65.9 Å². The van der Waals surface area contributed by atoms with Gasteiger partial charge in [0.05, 0.1) is 40.1 Å². The van der Waals surface area contributed by atoms with Crippen LogP contribution in [0, 0.1) is 0 Å². The second-order valence-electron chi connectivity index (χ2n) is 11.5. The van der Waals surface area contributed by atoms with Gasteiger partial charge in [-0.05, 0) is 43.0 Å². The van der Waals surface area contributed by atoms with Gasteiger partial charge in [0.1, 0.15) is 5.82 Å². The molecule has 2 aliphatic rings. The summed E-state index contributed by atoms with van der Waals surface area (Å²) in [5.74, 6) is 1.06. The van der Waals surface area contributed by atoms with E-state index in [-0.39, 0.29) is 23.6 Å². The highest BCUT2D eigenvalue weighted by molar-refractivity contribution is 6.39. The first-order valence-electron chi connectivity index (χ1n) is 15.1. The van der Waals surface area contributed by atoms with Gasteiger partial charge < -0.3 is 20.7 Å². The lowest BCUT2D eigenvalue weighted by Crippen LogP contribution is -2.36. The molecule has 0 bridgehead atoms. The Morgan fingerprint density at radius 3 is 2.59 bits per heavy atom. The highest BCUT2D eigenvalue weighted by Crippen LogP contribution is 2.44. The summed E-state index contributed by atoms with van der Waals surface area (Å²) in [7, 11) is 3.23. The van der Waals surface area contributed by atoms with Crippen molar-refractivity contribution in [3.8, 4) is 28.3 Å². The van der Waals surface area contributed by atoms with Gasteiger partial charge in [-0.15, -0.1) is 0 Å². The zero-order valence-corrected chi connectivity index (χ0v) is 26.7. The standard InChI is InChI=1S/C34H31Cl2N7O3/c1-43-34(45)29-19(16-39-43)13-14-37-32(29)41-25-8-4-6-22(31(25)36)21-5-3-7-23(30(21)35)26-15-18-9-11-24(28(18)33(42-26)46-2)38-17-20-10-12-27(44)40-20/h3-8,13-16,20,24,38H,9-12,17H2,1-2H3,(H,37,41)(H,40,44). The Balaban J connectivity index is 1.21. The SMILES string of the molecule is COc1nc(-c2cccc(-c3cccc(Nc4nccc5cnn(C)c(=O)c45)c3Cl)c2Cl)cc2c1C(NCC1CCC(=O)N1)CC2. The number of nitrogens with one attached hydrogen (secondary N) is 3. The molecule has 5 aromatic rings. The van der Waals surface area contributed by atoms with Gasteiger partial charge >= 0.3 is 0 Å². The third-order valence-electron chi connectivity index (χ3n) is 8.73. The van der Waals surface area contributed by atoms with Crippen molar-refractivity contribution in [3.05, 3.63) is 92.5 Å². The number of hydrogen-bond acceptors (Lipinski definition) is 8. The molecule has 0 radical (unpaired) electrons. The van der Waals surface area contributed by atoms with E-state index in [1.165, 1.54) is 4.68 Å². The number of carbonyl (C=O) groups is 1. The van der Waals surface area contributed by atoms with Crippen LogP contribution in [0.15, 0.2) is 65.7 Å². The van der Waals surface area contributed by atoms with E-state index in [4.69, 9.17) is 32.9 Å². The second-order valence-corrected chi connectivity index (χ2v) is 12.3. The Bertz CT molecular complexity index is 2070. The summed E-state index contributed by atoms with van der Waals surface area (Å²) in [4.78, 5) is 33.9. The highest BCUT2D eigenvalue weighted by atomic mass is 35.5. The Hall–Kier alpha value is -4.51. The molecular weight excluding hydrogens is 625 g/mol. The molecule has 3 N–H and O–H groups in total. The minimum Gasteiger partial charge on any atom is -0.481 e. The molecule has 4 heterocycles. The van der Waals surface area contributed by atoms with E-state index >= 15 is 0 Å². The molecule has 2 aromatic carbocycles. The number of methoxy groups -OCH3 is 1. The van der Waals surface area contributed by atoms with Crippen molar-refractivity contribution in [1.82, 2.24) is 30.4 Å². The quantitative estimate of drug-likeness (QED) is 0.187. The van der Waals surface area contributed by atoms with Gasteiger partial charge in [0.2, 0.25) is 11.8 Å². The first kappa shape index (κ1) is 30.2. The lowest BCUT2D eigenvalue weighted by molar-refractivity contribution is -0.119. The average Bonchev–Trinajstić information content (AvgIpc) is 3.68. The minimum absolute atomic E-state index is 0.0903. The van der Waals surface area contributed by atoms with Gasteiger partial charge in [-0.1, -0.05) is 53.5 Å². The Morgan fingerprint density at radius 1 is 1.02 bits per heavy atom. The maximum Gasteiger partial charge on any atom is 0.278 e. The number of ether oxygens (including phenoxy) is 1. The first-order valence-corrected chi connectivity index (χ1v) is 15.8. The van der Waals surface area contributed by atoms with Crippen LogP contribution in [0.3, 0.4) is 0 Å². The number of hydrogen-bond donors (Lipinski definition) is 3. The van der Waals surface area contributed by atoms with Crippen molar-refractivity contribution >= 4 is 51.4 Å². The molecule has 1 fully saturated rings. The van der Waals surface area contributed by atoms with E-state index in [9.17, 15) is 9.59 Å². The highest BCUT2D eigenvalue weighted by Gasteiger charge is 2.30. The molecule has 234 valence electrons. The van der Waals surface area contributed by atoms with Crippen LogP contribution in [0.1, 0.15) is 36.4 Å². The molecule has 12 heteroatoms. The maximum atomic E-state index is 12.9. The molecule has 0 spiro atoms. The number of pyridine rings is 2. The predicted molar refractivity (Wildman–Crippen MR) is 180 cm³/mol. The first-order chi connectivity index (χ1) is 22.3. The van der Waals surface area contributed by atoms with Gasteiger partial charge in [0.15, 0.2) is 0 Å². The third-order valence-corrected chi connectivity index (χ3v) is 9.54. The van der Waals surface area contributed by atoms with E-state index in [1.807, 2.05) is 36.4 Å². The molecule has 46 heavy (non-hydrogen) atoms. The van der Waals surface area contributed by atoms with Crippen molar-refractivity contribution in [3.63, 3.8) is 0 Å². The number of carbonyl (C=O) groups excluding carboxylic acids is 1. The topological polar surface area (TPSA) is 123 Å². The van der Waals surface area contributed by atoms with Crippen LogP contribution in [-0.2, 0) is 18.3 Å². The van der Waals surface area contributed by atoms with Crippen molar-refractivity contribution in [2.75, 3.05) is 19.0 Å². The number of benzene rings is 2. The summed E-state index contributed by atoms with van der Waals surface area (Å²) in [6.45, 7) is 0.702. The summed E-state index contributed by atoms with van der Waals surface area (Å²) < 4.78 is 7.08. The third kappa shape index (κ3) is 5.46. The molecule has 1 aliphatic carbocycles. The molecule has 1 amide bonds. The number of fused-ring (bicyclic) bond motifs is 2. The molecule has 1 aliphatic heterocycles.